The van der Waals surface area contributed by atoms with E-state index in [0.717, 1.165) is 0 Å². The number of rotatable bonds is 2. The summed E-state index contributed by atoms with van der Waals surface area (Å²) in [4.78, 5) is 1.61. The normalized spacial score (nSPS) is 10.2. The van der Waals surface area contributed by atoms with E-state index in [1.165, 1.54) is 12.1 Å². The van der Waals surface area contributed by atoms with Gasteiger partial charge in [-0.2, -0.15) is 5.26 Å². The van der Waals surface area contributed by atoms with Crippen LogP contribution in [0, 0.1) is 23.0 Å². The van der Waals surface area contributed by atoms with Crippen molar-refractivity contribution in [2.24, 2.45) is 0 Å². The number of nitriles is 1. The molecule has 0 radical (unpaired) electrons. The van der Waals surface area contributed by atoms with Crippen LogP contribution in [0.3, 0.4) is 0 Å². The van der Waals surface area contributed by atoms with Crippen molar-refractivity contribution in [1.82, 2.24) is 0 Å². The summed E-state index contributed by atoms with van der Waals surface area (Å²) in [6.07, 6.45) is 0. The van der Waals surface area contributed by atoms with Gasteiger partial charge in [-0.15, -0.1) is 0 Å². The topological polar surface area (TPSA) is 27.0 Å². The van der Waals surface area contributed by atoms with Crippen LogP contribution in [0.15, 0.2) is 12.1 Å². The molecule has 0 amide bonds. The minimum atomic E-state index is -1.08. The fourth-order valence-corrected chi connectivity index (χ4v) is 1.18. The van der Waals surface area contributed by atoms with Crippen LogP contribution in [-0.2, 0) is 0 Å². The van der Waals surface area contributed by atoms with E-state index in [4.69, 9.17) is 5.26 Å². The van der Waals surface area contributed by atoms with Gasteiger partial charge in [-0.25, -0.2) is 8.78 Å². The largest absolute Gasteiger partial charge is 0.370 e. The summed E-state index contributed by atoms with van der Waals surface area (Å²) in [5.74, 6) is -2.05. The fourth-order valence-electron chi connectivity index (χ4n) is 1.18. The number of hydrogen-bond acceptors (Lipinski definition) is 2. The van der Waals surface area contributed by atoms with Gasteiger partial charge in [0.25, 0.3) is 0 Å². The molecule has 0 aliphatic carbocycles. The van der Waals surface area contributed by atoms with Gasteiger partial charge in [0.1, 0.15) is 6.07 Å². The first kappa shape index (κ1) is 11.4. The highest BCUT2D eigenvalue weighted by Crippen LogP contribution is 2.24. The summed E-state index contributed by atoms with van der Waals surface area (Å²) >= 11 is 0. The lowest BCUT2D eigenvalue weighted by molar-refractivity contribution is 0.503. The van der Waals surface area contributed by atoms with Crippen molar-refractivity contribution in [3.05, 3.63) is 29.3 Å². The summed E-state index contributed by atoms with van der Waals surface area (Å²) in [7, 11) is 1.68. The average molecular weight is 210 g/mol. The zero-order chi connectivity index (χ0) is 11.6. The summed E-state index contributed by atoms with van der Waals surface area (Å²) in [6, 6.07) is 4.36. The Bertz CT molecular complexity index is 408. The summed E-state index contributed by atoms with van der Waals surface area (Å²) in [6.45, 7) is 3.74. The van der Waals surface area contributed by atoms with Crippen molar-refractivity contribution >= 4 is 5.69 Å². The van der Waals surface area contributed by atoms with Gasteiger partial charge in [0.15, 0.2) is 11.6 Å². The van der Waals surface area contributed by atoms with Crippen molar-refractivity contribution in [2.45, 2.75) is 19.9 Å². The molecule has 0 spiro atoms. The first-order valence-electron chi connectivity index (χ1n) is 4.60. The average Bonchev–Trinajstić information content (AvgIpc) is 2.21. The maximum Gasteiger partial charge on any atom is 0.183 e. The van der Waals surface area contributed by atoms with Crippen LogP contribution in [0.5, 0.6) is 0 Å². The molecular weight excluding hydrogens is 198 g/mol. The maximum atomic E-state index is 13.5. The van der Waals surface area contributed by atoms with E-state index in [2.05, 4.69) is 0 Å². The van der Waals surface area contributed by atoms with E-state index in [1.54, 1.807) is 18.0 Å². The summed E-state index contributed by atoms with van der Waals surface area (Å²) in [5.41, 5.74) is -0.102. The first-order chi connectivity index (χ1) is 6.99. The van der Waals surface area contributed by atoms with Crippen molar-refractivity contribution in [2.75, 3.05) is 11.9 Å². The second-order valence-corrected chi connectivity index (χ2v) is 3.58. The van der Waals surface area contributed by atoms with Gasteiger partial charge in [0, 0.05) is 13.1 Å². The van der Waals surface area contributed by atoms with Gasteiger partial charge in [0.05, 0.1) is 11.3 Å². The van der Waals surface area contributed by atoms with Crippen LogP contribution in [0.2, 0.25) is 0 Å². The monoisotopic (exact) mass is 210 g/mol. The molecule has 15 heavy (non-hydrogen) atoms. The number of nitrogens with zero attached hydrogens (tertiary/aromatic N) is 2. The van der Waals surface area contributed by atoms with E-state index in [1.807, 2.05) is 13.8 Å². The third-order valence-corrected chi connectivity index (χ3v) is 2.34. The molecule has 0 atom stereocenters. The number of anilines is 1. The van der Waals surface area contributed by atoms with Crippen LogP contribution in [0.1, 0.15) is 19.4 Å². The van der Waals surface area contributed by atoms with Gasteiger partial charge in [-0.1, -0.05) is 0 Å². The number of benzene rings is 1. The second kappa shape index (κ2) is 4.26. The Morgan fingerprint density at radius 1 is 1.27 bits per heavy atom. The number of hydrogen-bond donors (Lipinski definition) is 0. The SMILES string of the molecule is CC(C)N(C)c1ccc(C#N)c(F)c1F. The van der Waals surface area contributed by atoms with Gasteiger partial charge in [-0.3, -0.25) is 0 Å². The zero-order valence-electron chi connectivity index (χ0n) is 8.88. The summed E-state index contributed by atoms with van der Waals surface area (Å²) < 4.78 is 26.8. The molecule has 0 heterocycles. The highest BCUT2D eigenvalue weighted by atomic mass is 19.2. The van der Waals surface area contributed by atoms with E-state index in [-0.39, 0.29) is 17.3 Å². The van der Waals surface area contributed by atoms with Crippen LogP contribution >= 0.6 is 0 Å². The van der Waals surface area contributed by atoms with Crippen molar-refractivity contribution in [3.63, 3.8) is 0 Å². The molecule has 0 aromatic heterocycles. The predicted octanol–water partition coefficient (Wildman–Crippen LogP) is 2.68. The fraction of sp³-hybridized carbons (Fsp3) is 0.364. The Kier molecular flexibility index (Phi) is 3.25. The highest BCUT2D eigenvalue weighted by molar-refractivity contribution is 5.51. The molecule has 0 N–H and O–H groups in total. The molecule has 0 saturated heterocycles. The van der Waals surface area contributed by atoms with E-state index < -0.39 is 11.6 Å². The third kappa shape index (κ3) is 2.07. The molecule has 2 nitrogen and oxygen atoms in total. The van der Waals surface area contributed by atoms with E-state index >= 15 is 0 Å². The second-order valence-electron chi connectivity index (χ2n) is 3.58. The molecule has 0 saturated carbocycles. The van der Waals surface area contributed by atoms with Crippen LogP contribution in [0.4, 0.5) is 14.5 Å². The van der Waals surface area contributed by atoms with Crippen LogP contribution < -0.4 is 4.90 Å². The molecule has 1 aromatic carbocycles. The van der Waals surface area contributed by atoms with Gasteiger partial charge >= 0.3 is 0 Å². The lowest BCUT2D eigenvalue weighted by Crippen LogP contribution is -2.26. The molecule has 0 unspecified atom stereocenters. The van der Waals surface area contributed by atoms with E-state index in [0.29, 0.717) is 0 Å². The Morgan fingerprint density at radius 2 is 1.87 bits per heavy atom. The lowest BCUT2D eigenvalue weighted by Gasteiger charge is -2.24. The maximum absolute atomic E-state index is 13.5. The molecule has 0 bridgehead atoms. The molecule has 1 aromatic rings. The summed E-state index contributed by atoms with van der Waals surface area (Å²) in [5, 5.41) is 8.51. The number of halogens is 2. The van der Waals surface area contributed by atoms with Crippen LogP contribution in [0.25, 0.3) is 0 Å². The van der Waals surface area contributed by atoms with Crippen molar-refractivity contribution in [3.8, 4) is 6.07 Å². The first-order valence-corrected chi connectivity index (χ1v) is 4.60. The highest BCUT2D eigenvalue weighted by Gasteiger charge is 2.17. The van der Waals surface area contributed by atoms with E-state index in [9.17, 15) is 8.78 Å². The van der Waals surface area contributed by atoms with Crippen LogP contribution in [-0.4, -0.2) is 13.1 Å². The van der Waals surface area contributed by atoms with Crippen molar-refractivity contribution in [1.29, 1.82) is 5.26 Å². The Morgan fingerprint density at radius 3 is 2.33 bits per heavy atom. The van der Waals surface area contributed by atoms with Gasteiger partial charge < -0.3 is 4.90 Å². The molecule has 0 fully saturated rings. The predicted molar refractivity (Wildman–Crippen MR) is 54.6 cm³/mol. The minimum absolute atomic E-state index is 0.0619. The zero-order valence-corrected chi connectivity index (χ0v) is 8.88. The van der Waals surface area contributed by atoms with Gasteiger partial charge in [0.2, 0.25) is 0 Å². The standard InChI is InChI=1S/C11H12F2N2/c1-7(2)15(3)9-5-4-8(6-14)10(12)11(9)13/h4-5,7H,1-3H3. The molecule has 1 rings (SSSR count). The van der Waals surface area contributed by atoms with Crippen molar-refractivity contribution < 1.29 is 8.78 Å². The Labute approximate surface area is 87.7 Å². The molecule has 80 valence electrons. The Hall–Kier alpha value is -1.63. The molecule has 0 aliphatic heterocycles. The Balaban J connectivity index is 3.25. The lowest BCUT2D eigenvalue weighted by atomic mass is 10.1. The molecule has 4 heteroatoms. The quantitative estimate of drug-likeness (QED) is 0.750. The minimum Gasteiger partial charge on any atom is -0.370 e. The third-order valence-electron chi connectivity index (χ3n) is 2.34. The van der Waals surface area contributed by atoms with Gasteiger partial charge in [-0.05, 0) is 26.0 Å². The molecule has 0 aliphatic rings. The molecular formula is C11H12F2N2. The smallest absolute Gasteiger partial charge is 0.183 e.